The van der Waals surface area contributed by atoms with Crippen LogP contribution in [0.2, 0.25) is 0 Å². The predicted octanol–water partition coefficient (Wildman–Crippen LogP) is 4.31. The van der Waals surface area contributed by atoms with Gasteiger partial charge < -0.3 is 15.2 Å². The molecule has 1 amide bonds. The second-order valence-electron chi connectivity index (χ2n) is 6.44. The van der Waals surface area contributed by atoms with E-state index in [4.69, 9.17) is 9.84 Å². The van der Waals surface area contributed by atoms with Crippen LogP contribution in [0.1, 0.15) is 39.2 Å². The van der Waals surface area contributed by atoms with Gasteiger partial charge in [0.25, 0.3) is 0 Å². The maximum atomic E-state index is 11.9. The normalized spacial score (nSPS) is 12.8. The third-order valence-electron chi connectivity index (χ3n) is 3.01. The van der Waals surface area contributed by atoms with E-state index in [-0.39, 0.29) is 12.5 Å². The molecule has 0 aliphatic carbocycles. The number of aliphatic carboxylic acids is 1. The smallest absolute Gasteiger partial charge is 0.408 e. The minimum absolute atomic E-state index is 0.0247. The van der Waals surface area contributed by atoms with Crippen molar-refractivity contribution in [3.05, 3.63) is 46.5 Å². The lowest BCUT2D eigenvalue weighted by molar-refractivity contribution is -0.137. The van der Waals surface area contributed by atoms with Crippen LogP contribution in [0.4, 0.5) is 4.79 Å². The molecule has 1 atom stereocenters. The van der Waals surface area contributed by atoms with E-state index in [1.54, 1.807) is 20.8 Å². The van der Waals surface area contributed by atoms with E-state index in [1.807, 2.05) is 36.4 Å². The monoisotopic (exact) mass is 397 g/mol. The molecule has 1 aromatic rings. The SMILES string of the molecule is CC(C)(C)OC(=O)NC(/C=C/Cc1ccc(Br)cc1)CCC(=O)O. The number of hydrogen-bond acceptors (Lipinski definition) is 3. The Morgan fingerprint density at radius 2 is 1.92 bits per heavy atom. The quantitative estimate of drug-likeness (QED) is 0.672. The molecule has 0 saturated heterocycles. The first-order chi connectivity index (χ1) is 11.2. The average Bonchev–Trinajstić information content (AvgIpc) is 2.44. The minimum atomic E-state index is -0.896. The summed E-state index contributed by atoms with van der Waals surface area (Å²) < 4.78 is 6.23. The Balaban J connectivity index is 2.63. The van der Waals surface area contributed by atoms with E-state index >= 15 is 0 Å². The molecule has 5 nitrogen and oxygen atoms in total. The summed E-state index contributed by atoms with van der Waals surface area (Å²) in [6, 6.07) is 7.55. The van der Waals surface area contributed by atoms with Gasteiger partial charge >= 0.3 is 12.1 Å². The van der Waals surface area contributed by atoms with Gasteiger partial charge in [0.05, 0.1) is 6.04 Å². The van der Waals surface area contributed by atoms with Gasteiger partial charge in [-0.2, -0.15) is 0 Å². The lowest BCUT2D eigenvalue weighted by Crippen LogP contribution is -2.38. The maximum absolute atomic E-state index is 11.9. The Morgan fingerprint density at radius 1 is 1.29 bits per heavy atom. The highest BCUT2D eigenvalue weighted by Crippen LogP contribution is 2.12. The topological polar surface area (TPSA) is 75.6 Å². The standard InChI is InChI=1S/C18H24BrNO4/c1-18(2,3)24-17(23)20-15(11-12-16(21)22)6-4-5-13-7-9-14(19)10-8-13/h4,6-10,15H,5,11-12H2,1-3H3,(H,20,23)(H,21,22)/b6-4+. The van der Waals surface area contributed by atoms with Crippen molar-refractivity contribution in [1.82, 2.24) is 5.32 Å². The van der Waals surface area contributed by atoms with Gasteiger partial charge in [-0.05, 0) is 51.3 Å². The number of hydrogen-bond donors (Lipinski definition) is 2. The molecule has 0 saturated carbocycles. The first-order valence-electron chi connectivity index (χ1n) is 7.78. The van der Waals surface area contributed by atoms with Gasteiger partial charge in [0.1, 0.15) is 5.60 Å². The molecule has 0 aliphatic heterocycles. The Hall–Kier alpha value is -1.82. The molecule has 2 N–H and O–H groups in total. The van der Waals surface area contributed by atoms with Crippen LogP contribution in [0.3, 0.4) is 0 Å². The molecule has 0 radical (unpaired) electrons. The number of ether oxygens (including phenoxy) is 1. The number of carboxylic acid groups (broad SMARTS) is 1. The van der Waals surface area contributed by atoms with E-state index in [0.29, 0.717) is 12.8 Å². The first-order valence-corrected chi connectivity index (χ1v) is 8.57. The van der Waals surface area contributed by atoms with Crippen LogP contribution in [0.15, 0.2) is 40.9 Å². The highest BCUT2D eigenvalue weighted by atomic mass is 79.9. The molecule has 1 rings (SSSR count). The molecule has 24 heavy (non-hydrogen) atoms. The van der Waals surface area contributed by atoms with Gasteiger partial charge in [-0.1, -0.05) is 40.2 Å². The van der Waals surface area contributed by atoms with Crippen LogP contribution in [0.5, 0.6) is 0 Å². The van der Waals surface area contributed by atoms with Crippen LogP contribution in [0, 0.1) is 0 Å². The van der Waals surface area contributed by atoms with Crippen molar-refractivity contribution in [1.29, 1.82) is 0 Å². The Bertz CT molecular complexity index is 576. The largest absolute Gasteiger partial charge is 0.481 e. The van der Waals surface area contributed by atoms with Crippen molar-refractivity contribution < 1.29 is 19.4 Å². The van der Waals surface area contributed by atoms with Crippen molar-refractivity contribution in [2.75, 3.05) is 0 Å². The summed E-state index contributed by atoms with van der Waals surface area (Å²) in [5, 5.41) is 11.5. The second-order valence-corrected chi connectivity index (χ2v) is 7.36. The molecule has 1 aromatic carbocycles. The number of carbonyl (C=O) groups is 2. The molecule has 0 fully saturated rings. The highest BCUT2D eigenvalue weighted by molar-refractivity contribution is 9.10. The van der Waals surface area contributed by atoms with Gasteiger partial charge in [-0.15, -0.1) is 0 Å². The first kappa shape index (κ1) is 20.2. The van der Waals surface area contributed by atoms with E-state index < -0.39 is 17.7 Å². The predicted molar refractivity (Wildman–Crippen MR) is 97.0 cm³/mol. The lowest BCUT2D eigenvalue weighted by Gasteiger charge is -2.22. The zero-order valence-corrected chi connectivity index (χ0v) is 15.8. The number of rotatable bonds is 7. The molecule has 132 valence electrons. The van der Waals surface area contributed by atoms with Crippen molar-refractivity contribution in [2.45, 2.75) is 51.7 Å². The Kier molecular flexibility index (Phi) is 7.98. The van der Waals surface area contributed by atoms with Crippen molar-refractivity contribution in [3.8, 4) is 0 Å². The van der Waals surface area contributed by atoms with Gasteiger partial charge in [0, 0.05) is 10.9 Å². The fraction of sp³-hybridized carbons (Fsp3) is 0.444. The molecule has 0 heterocycles. The summed E-state index contributed by atoms with van der Waals surface area (Å²) in [6.07, 6.45) is 4.18. The highest BCUT2D eigenvalue weighted by Gasteiger charge is 2.18. The van der Waals surface area contributed by atoms with Crippen LogP contribution < -0.4 is 5.32 Å². The molecule has 6 heteroatoms. The molecule has 0 aromatic heterocycles. The number of halogens is 1. The van der Waals surface area contributed by atoms with E-state index in [1.165, 1.54) is 0 Å². The average molecular weight is 398 g/mol. The van der Waals surface area contributed by atoms with Crippen LogP contribution in [-0.2, 0) is 16.0 Å². The van der Waals surface area contributed by atoms with Crippen molar-refractivity contribution in [3.63, 3.8) is 0 Å². The van der Waals surface area contributed by atoms with E-state index in [9.17, 15) is 9.59 Å². The molecular formula is C18H24BrNO4. The lowest BCUT2D eigenvalue weighted by atomic mass is 10.1. The third kappa shape index (κ3) is 9.35. The molecule has 0 spiro atoms. The third-order valence-corrected chi connectivity index (χ3v) is 3.54. The van der Waals surface area contributed by atoms with Gasteiger partial charge in [0.2, 0.25) is 0 Å². The number of benzene rings is 1. The van der Waals surface area contributed by atoms with Gasteiger partial charge in [-0.25, -0.2) is 4.79 Å². The van der Waals surface area contributed by atoms with Crippen molar-refractivity contribution in [2.24, 2.45) is 0 Å². The summed E-state index contributed by atoms with van der Waals surface area (Å²) in [5.41, 5.74) is 0.534. The Morgan fingerprint density at radius 3 is 2.46 bits per heavy atom. The minimum Gasteiger partial charge on any atom is -0.481 e. The number of alkyl carbamates (subject to hydrolysis) is 1. The molecule has 0 bridgehead atoms. The second kappa shape index (κ2) is 9.47. The Labute approximate surface area is 151 Å². The summed E-state index contributed by atoms with van der Waals surface area (Å²) >= 11 is 3.39. The zero-order valence-electron chi connectivity index (χ0n) is 14.2. The number of amides is 1. The molecule has 0 aliphatic rings. The number of allylic oxidation sites excluding steroid dienone is 1. The van der Waals surface area contributed by atoms with Crippen LogP contribution in [0.25, 0.3) is 0 Å². The van der Waals surface area contributed by atoms with Crippen LogP contribution in [-0.4, -0.2) is 28.8 Å². The zero-order chi connectivity index (χ0) is 18.2. The number of carbonyl (C=O) groups excluding carboxylic acids is 1. The summed E-state index contributed by atoms with van der Waals surface area (Å²) in [4.78, 5) is 22.6. The fourth-order valence-electron chi connectivity index (χ4n) is 1.94. The molecule has 1 unspecified atom stereocenters. The van der Waals surface area contributed by atoms with Crippen LogP contribution >= 0.6 is 15.9 Å². The molecular weight excluding hydrogens is 374 g/mol. The fourth-order valence-corrected chi connectivity index (χ4v) is 2.21. The summed E-state index contributed by atoms with van der Waals surface area (Å²) in [6.45, 7) is 5.34. The number of nitrogens with one attached hydrogen (secondary N) is 1. The number of carboxylic acids is 1. The summed E-state index contributed by atoms with van der Waals surface area (Å²) in [5.74, 6) is -0.896. The maximum Gasteiger partial charge on any atom is 0.408 e. The van der Waals surface area contributed by atoms with Gasteiger partial charge in [-0.3, -0.25) is 4.79 Å². The van der Waals surface area contributed by atoms with E-state index in [2.05, 4.69) is 21.2 Å². The van der Waals surface area contributed by atoms with E-state index in [0.717, 1.165) is 10.0 Å². The van der Waals surface area contributed by atoms with Crippen molar-refractivity contribution >= 4 is 28.0 Å². The summed E-state index contributed by atoms with van der Waals surface area (Å²) in [7, 11) is 0. The van der Waals surface area contributed by atoms with Gasteiger partial charge in [0.15, 0.2) is 0 Å².